The third-order valence-electron chi connectivity index (χ3n) is 3.38. The SMILES string of the molecule is CC[C@@H](NC(=O)c1ccnn1C(C)C)c1ccc(F)cc1. The van der Waals surface area contributed by atoms with Crippen LogP contribution in [-0.4, -0.2) is 15.7 Å². The Morgan fingerprint density at radius 1 is 1.29 bits per heavy atom. The molecule has 1 amide bonds. The number of hydrogen-bond acceptors (Lipinski definition) is 2. The van der Waals surface area contributed by atoms with Crippen molar-refractivity contribution in [2.24, 2.45) is 0 Å². The molecule has 4 nitrogen and oxygen atoms in total. The summed E-state index contributed by atoms with van der Waals surface area (Å²) in [4.78, 5) is 12.4. The molecule has 112 valence electrons. The van der Waals surface area contributed by atoms with Crippen LogP contribution in [0.3, 0.4) is 0 Å². The Morgan fingerprint density at radius 2 is 1.95 bits per heavy atom. The number of carbonyl (C=O) groups excluding carboxylic acids is 1. The number of halogens is 1. The van der Waals surface area contributed by atoms with Crippen molar-refractivity contribution in [3.63, 3.8) is 0 Å². The van der Waals surface area contributed by atoms with Crippen molar-refractivity contribution in [1.82, 2.24) is 15.1 Å². The first-order chi connectivity index (χ1) is 10.0. The normalized spacial score (nSPS) is 12.4. The standard InChI is InChI=1S/C16H20FN3O/c1-4-14(12-5-7-13(17)8-6-12)19-16(21)15-9-10-18-20(15)11(2)3/h5-11,14H,4H2,1-3H3,(H,19,21)/t14-/m1/s1. The maximum atomic E-state index is 13.0. The largest absolute Gasteiger partial charge is 0.344 e. The molecule has 1 atom stereocenters. The first kappa shape index (κ1) is 15.2. The molecule has 0 aliphatic heterocycles. The molecular formula is C16H20FN3O. The van der Waals surface area contributed by atoms with Crippen LogP contribution in [-0.2, 0) is 0 Å². The topological polar surface area (TPSA) is 46.9 Å². The molecule has 5 heteroatoms. The van der Waals surface area contributed by atoms with Crippen LogP contribution >= 0.6 is 0 Å². The van der Waals surface area contributed by atoms with Crippen LogP contribution in [0.2, 0.25) is 0 Å². The number of amides is 1. The lowest BCUT2D eigenvalue weighted by Gasteiger charge is -2.18. The fourth-order valence-corrected chi connectivity index (χ4v) is 2.25. The van der Waals surface area contributed by atoms with Gasteiger partial charge in [0.1, 0.15) is 11.5 Å². The van der Waals surface area contributed by atoms with Gasteiger partial charge in [0, 0.05) is 12.2 Å². The average molecular weight is 289 g/mol. The molecule has 2 rings (SSSR count). The number of rotatable bonds is 5. The smallest absolute Gasteiger partial charge is 0.270 e. The molecule has 0 saturated carbocycles. The number of benzene rings is 1. The fraction of sp³-hybridized carbons (Fsp3) is 0.375. The quantitative estimate of drug-likeness (QED) is 0.916. The van der Waals surface area contributed by atoms with Gasteiger partial charge in [-0.25, -0.2) is 4.39 Å². The molecule has 0 aliphatic rings. The highest BCUT2D eigenvalue weighted by molar-refractivity contribution is 5.92. The summed E-state index contributed by atoms with van der Waals surface area (Å²) in [6.45, 7) is 5.93. The predicted molar refractivity (Wildman–Crippen MR) is 79.5 cm³/mol. The second-order valence-electron chi connectivity index (χ2n) is 5.24. The zero-order chi connectivity index (χ0) is 15.4. The fourth-order valence-electron chi connectivity index (χ4n) is 2.25. The highest BCUT2D eigenvalue weighted by Gasteiger charge is 2.18. The molecule has 1 aromatic carbocycles. The minimum atomic E-state index is -0.280. The average Bonchev–Trinajstić information content (AvgIpc) is 2.95. The Hall–Kier alpha value is -2.17. The lowest BCUT2D eigenvalue weighted by molar-refractivity contribution is 0.0922. The third-order valence-corrected chi connectivity index (χ3v) is 3.38. The van der Waals surface area contributed by atoms with E-state index in [1.807, 2.05) is 20.8 Å². The lowest BCUT2D eigenvalue weighted by Crippen LogP contribution is -2.30. The molecule has 1 aromatic heterocycles. The van der Waals surface area contributed by atoms with Gasteiger partial charge in [0.25, 0.3) is 5.91 Å². The Bertz CT molecular complexity index is 604. The van der Waals surface area contributed by atoms with Gasteiger partial charge in [0.15, 0.2) is 0 Å². The van der Waals surface area contributed by atoms with Gasteiger partial charge in [0.05, 0.1) is 6.04 Å². The van der Waals surface area contributed by atoms with Crippen LogP contribution in [0.1, 0.15) is 55.3 Å². The van der Waals surface area contributed by atoms with Crippen molar-refractivity contribution in [2.45, 2.75) is 39.3 Å². The van der Waals surface area contributed by atoms with Crippen LogP contribution in [0.4, 0.5) is 4.39 Å². The molecule has 2 aromatic rings. The summed E-state index contributed by atoms with van der Waals surface area (Å²) in [5, 5.41) is 7.14. The summed E-state index contributed by atoms with van der Waals surface area (Å²) in [6.07, 6.45) is 2.35. The summed E-state index contributed by atoms with van der Waals surface area (Å²) >= 11 is 0. The van der Waals surface area contributed by atoms with Crippen LogP contribution in [0.5, 0.6) is 0 Å². The Labute approximate surface area is 124 Å². The van der Waals surface area contributed by atoms with Crippen molar-refractivity contribution >= 4 is 5.91 Å². The molecule has 1 heterocycles. The molecule has 0 aliphatic carbocycles. The number of nitrogens with zero attached hydrogens (tertiary/aromatic N) is 2. The van der Waals surface area contributed by atoms with Gasteiger partial charge in [-0.1, -0.05) is 19.1 Å². The van der Waals surface area contributed by atoms with Gasteiger partial charge in [-0.15, -0.1) is 0 Å². The molecule has 0 bridgehead atoms. The van der Waals surface area contributed by atoms with Crippen LogP contribution in [0.25, 0.3) is 0 Å². The van der Waals surface area contributed by atoms with Gasteiger partial charge < -0.3 is 5.32 Å². The highest BCUT2D eigenvalue weighted by Crippen LogP contribution is 2.18. The van der Waals surface area contributed by atoms with E-state index in [2.05, 4.69) is 10.4 Å². The molecule has 0 unspecified atom stereocenters. The second-order valence-corrected chi connectivity index (χ2v) is 5.24. The first-order valence-electron chi connectivity index (χ1n) is 7.12. The number of aromatic nitrogens is 2. The summed E-state index contributed by atoms with van der Waals surface area (Å²) in [7, 11) is 0. The lowest BCUT2D eigenvalue weighted by atomic mass is 10.0. The molecule has 0 spiro atoms. The zero-order valence-corrected chi connectivity index (χ0v) is 12.5. The maximum Gasteiger partial charge on any atom is 0.270 e. The monoisotopic (exact) mass is 289 g/mol. The molecule has 0 radical (unpaired) electrons. The van der Waals surface area contributed by atoms with Gasteiger partial charge in [0.2, 0.25) is 0 Å². The molecule has 21 heavy (non-hydrogen) atoms. The van der Waals surface area contributed by atoms with E-state index in [0.29, 0.717) is 5.69 Å². The van der Waals surface area contributed by atoms with E-state index < -0.39 is 0 Å². The van der Waals surface area contributed by atoms with Crippen molar-refractivity contribution in [2.75, 3.05) is 0 Å². The van der Waals surface area contributed by atoms with E-state index in [-0.39, 0.29) is 23.8 Å². The van der Waals surface area contributed by atoms with Crippen LogP contribution in [0, 0.1) is 5.82 Å². The summed E-state index contributed by atoms with van der Waals surface area (Å²) in [6, 6.07) is 7.88. The van der Waals surface area contributed by atoms with Crippen molar-refractivity contribution < 1.29 is 9.18 Å². The van der Waals surface area contributed by atoms with Gasteiger partial charge >= 0.3 is 0 Å². The number of nitrogens with one attached hydrogen (secondary N) is 1. The molecule has 0 saturated heterocycles. The summed E-state index contributed by atoms with van der Waals surface area (Å²) < 4.78 is 14.7. The van der Waals surface area contributed by atoms with E-state index in [1.54, 1.807) is 29.1 Å². The van der Waals surface area contributed by atoms with E-state index >= 15 is 0 Å². The van der Waals surface area contributed by atoms with Gasteiger partial charge in [-0.05, 0) is 44.0 Å². The second kappa shape index (κ2) is 6.52. The van der Waals surface area contributed by atoms with E-state index in [0.717, 1.165) is 12.0 Å². The van der Waals surface area contributed by atoms with E-state index in [9.17, 15) is 9.18 Å². The highest BCUT2D eigenvalue weighted by atomic mass is 19.1. The number of carbonyl (C=O) groups is 1. The third kappa shape index (κ3) is 3.48. The van der Waals surface area contributed by atoms with Crippen LogP contribution in [0.15, 0.2) is 36.5 Å². The van der Waals surface area contributed by atoms with Crippen molar-refractivity contribution in [3.05, 3.63) is 53.6 Å². The Balaban J connectivity index is 2.16. The summed E-state index contributed by atoms with van der Waals surface area (Å²) in [5.41, 5.74) is 1.42. The van der Waals surface area contributed by atoms with Crippen LogP contribution < -0.4 is 5.32 Å². The minimum Gasteiger partial charge on any atom is -0.344 e. The molecule has 0 fully saturated rings. The zero-order valence-electron chi connectivity index (χ0n) is 12.5. The minimum absolute atomic E-state index is 0.117. The predicted octanol–water partition coefficient (Wildman–Crippen LogP) is 3.48. The van der Waals surface area contributed by atoms with E-state index in [4.69, 9.17) is 0 Å². The molecular weight excluding hydrogens is 269 g/mol. The molecule has 1 N–H and O–H groups in total. The maximum absolute atomic E-state index is 13.0. The Kier molecular flexibility index (Phi) is 4.73. The number of hydrogen-bond donors (Lipinski definition) is 1. The van der Waals surface area contributed by atoms with Gasteiger partial charge in [-0.3, -0.25) is 9.48 Å². The van der Waals surface area contributed by atoms with Gasteiger partial charge in [-0.2, -0.15) is 5.10 Å². The first-order valence-corrected chi connectivity index (χ1v) is 7.12. The van der Waals surface area contributed by atoms with Crippen molar-refractivity contribution in [1.29, 1.82) is 0 Å². The van der Waals surface area contributed by atoms with E-state index in [1.165, 1.54) is 12.1 Å². The Morgan fingerprint density at radius 3 is 2.52 bits per heavy atom. The summed E-state index contributed by atoms with van der Waals surface area (Å²) in [5.74, 6) is -0.449. The van der Waals surface area contributed by atoms with Crippen molar-refractivity contribution in [3.8, 4) is 0 Å².